The Labute approximate surface area is 124 Å². The molecule has 0 radical (unpaired) electrons. The van der Waals surface area contributed by atoms with E-state index >= 15 is 0 Å². The number of carbonyl (C=O) groups excluding carboxylic acids is 1. The predicted octanol–water partition coefficient (Wildman–Crippen LogP) is 3.09. The third kappa shape index (κ3) is 4.21. The smallest absolute Gasteiger partial charge is 0.257 e. The molecule has 5 heteroatoms. The fraction of sp³-hybridized carbons (Fsp3) is 0.250. The Balaban J connectivity index is 2.07. The fourth-order valence-electron chi connectivity index (χ4n) is 1.71. The zero-order valence-electron chi connectivity index (χ0n) is 12.2. The number of nitrogens with zero attached hydrogens (tertiary/aromatic N) is 1. The minimum absolute atomic E-state index is 0.136. The van der Waals surface area contributed by atoms with Gasteiger partial charge < -0.3 is 15.8 Å². The van der Waals surface area contributed by atoms with Crippen molar-refractivity contribution in [1.29, 1.82) is 0 Å². The largest absolute Gasteiger partial charge is 0.491 e. The number of rotatable bonds is 5. The molecule has 1 atom stereocenters. The quantitative estimate of drug-likeness (QED) is 0.885. The van der Waals surface area contributed by atoms with Crippen molar-refractivity contribution in [2.75, 3.05) is 11.1 Å². The number of nitrogen functional groups attached to an aromatic ring is 1. The van der Waals surface area contributed by atoms with Gasteiger partial charge in [-0.25, -0.2) is 4.98 Å². The first-order chi connectivity index (χ1) is 10.1. The molecule has 3 N–H and O–H groups in total. The third-order valence-electron chi connectivity index (χ3n) is 3.05. The van der Waals surface area contributed by atoms with E-state index in [1.807, 2.05) is 25.1 Å². The molecule has 0 saturated carbocycles. The van der Waals surface area contributed by atoms with E-state index in [0.29, 0.717) is 17.1 Å². The van der Waals surface area contributed by atoms with Crippen molar-refractivity contribution in [2.24, 2.45) is 0 Å². The topological polar surface area (TPSA) is 77.2 Å². The lowest BCUT2D eigenvalue weighted by Gasteiger charge is -2.13. The second-order valence-electron chi connectivity index (χ2n) is 4.79. The van der Waals surface area contributed by atoms with Gasteiger partial charge in [-0.15, -0.1) is 0 Å². The van der Waals surface area contributed by atoms with Crippen molar-refractivity contribution >= 4 is 17.4 Å². The fourth-order valence-corrected chi connectivity index (χ4v) is 1.71. The summed E-state index contributed by atoms with van der Waals surface area (Å²) in [4.78, 5) is 16.0. The van der Waals surface area contributed by atoms with Crippen LogP contribution in [0, 0.1) is 0 Å². The van der Waals surface area contributed by atoms with Crippen molar-refractivity contribution in [3.8, 4) is 5.75 Å². The van der Waals surface area contributed by atoms with Crippen LogP contribution in [0.15, 0.2) is 42.6 Å². The maximum Gasteiger partial charge on any atom is 0.257 e. The zero-order valence-corrected chi connectivity index (χ0v) is 12.2. The molecule has 0 aliphatic carbocycles. The molecule has 1 aromatic carbocycles. The van der Waals surface area contributed by atoms with Crippen LogP contribution in [0.4, 0.5) is 11.5 Å². The number of carbonyl (C=O) groups is 1. The second kappa shape index (κ2) is 6.74. The summed E-state index contributed by atoms with van der Waals surface area (Å²) in [6, 6.07) is 10.6. The number of benzene rings is 1. The van der Waals surface area contributed by atoms with E-state index in [1.165, 1.54) is 6.20 Å². The van der Waals surface area contributed by atoms with E-state index in [2.05, 4.69) is 17.2 Å². The lowest BCUT2D eigenvalue weighted by molar-refractivity contribution is 0.102. The van der Waals surface area contributed by atoms with Gasteiger partial charge in [-0.2, -0.15) is 0 Å². The average Bonchev–Trinajstić information content (AvgIpc) is 2.48. The summed E-state index contributed by atoms with van der Waals surface area (Å²) in [5, 5.41) is 2.81. The van der Waals surface area contributed by atoms with E-state index in [4.69, 9.17) is 10.5 Å². The molecule has 0 bridgehead atoms. The molecule has 0 aliphatic heterocycles. The van der Waals surface area contributed by atoms with E-state index in [0.717, 1.165) is 12.2 Å². The van der Waals surface area contributed by atoms with Gasteiger partial charge in [-0.05, 0) is 37.6 Å². The minimum atomic E-state index is -0.233. The lowest BCUT2D eigenvalue weighted by Crippen LogP contribution is -2.13. The molecule has 1 aromatic heterocycles. The van der Waals surface area contributed by atoms with Crippen LogP contribution in [0.25, 0.3) is 0 Å². The molecule has 110 valence electrons. The third-order valence-corrected chi connectivity index (χ3v) is 3.05. The maximum atomic E-state index is 12.1. The van der Waals surface area contributed by atoms with Crippen LogP contribution in [-0.4, -0.2) is 17.0 Å². The highest BCUT2D eigenvalue weighted by Gasteiger charge is 2.08. The molecule has 2 rings (SSSR count). The van der Waals surface area contributed by atoms with Gasteiger partial charge in [0.05, 0.1) is 11.7 Å². The van der Waals surface area contributed by atoms with Gasteiger partial charge in [0, 0.05) is 18.0 Å². The van der Waals surface area contributed by atoms with Crippen LogP contribution in [0.3, 0.4) is 0 Å². The Morgan fingerprint density at radius 2 is 2.19 bits per heavy atom. The molecule has 1 unspecified atom stereocenters. The normalized spacial score (nSPS) is 11.7. The van der Waals surface area contributed by atoms with Gasteiger partial charge in [0.2, 0.25) is 0 Å². The summed E-state index contributed by atoms with van der Waals surface area (Å²) in [5.74, 6) is 0.885. The van der Waals surface area contributed by atoms with E-state index in [-0.39, 0.29) is 12.0 Å². The lowest BCUT2D eigenvalue weighted by atomic mass is 10.2. The average molecular weight is 285 g/mol. The van der Waals surface area contributed by atoms with E-state index in [1.54, 1.807) is 18.2 Å². The number of hydrogen-bond donors (Lipinski definition) is 2. The monoisotopic (exact) mass is 285 g/mol. The minimum Gasteiger partial charge on any atom is -0.491 e. The zero-order chi connectivity index (χ0) is 15.2. The maximum absolute atomic E-state index is 12.1. The van der Waals surface area contributed by atoms with Gasteiger partial charge in [0.15, 0.2) is 0 Å². The Hall–Kier alpha value is -2.56. The van der Waals surface area contributed by atoms with Crippen molar-refractivity contribution in [3.05, 3.63) is 48.2 Å². The number of nitrogens with two attached hydrogens (primary N) is 1. The number of aromatic nitrogens is 1. The number of pyridine rings is 1. The second-order valence-corrected chi connectivity index (χ2v) is 4.79. The highest BCUT2D eigenvalue weighted by Crippen LogP contribution is 2.19. The van der Waals surface area contributed by atoms with Gasteiger partial charge in [-0.3, -0.25) is 4.79 Å². The molecule has 0 saturated heterocycles. The van der Waals surface area contributed by atoms with Crippen molar-refractivity contribution in [2.45, 2.75) is 26.4 Å². The molecular formula is C16H19N3O2. The Morgan fingerprint density at radius 1 is 1.38 bits per heavy atom. The van der Waals surface area contributed by atoms with Gasteiger partial charge in [-0.1, -0.05) is 13.0 Å². The Morgan fingerprint density at radius 3 is 2.86 bits per heavy atom. The summed E-state index contributed by atoms with van der Waals surface area (Å²) in [5.41, 5.74) is 6.63. The predicted molar refractivity (Wildman–Crippen MR) is 83.4 cm³/mol. The van der Waals surface area contributed by atoms with Crippen LogP contribution in [0.5, 0.6) is 5.75 Å². The van der Waals surface area contributed by atoms with Crippen LogP contribution in [0.2, 0.25) is 0 Å². The molecule has 1 amide bonds. The summed E-state index contributed by atoms with van der Waals surface area (Å²) in [7, 11) is 0. The van der Waals surface area contributed by atoms with Gasteiger partial charge >= 0.3 is 0 Å². The SMILES string of the molecule is CCC(C)Oc1cccc(NC(=O)c2ccc(N)nc2)c1. The first kappa shape index (κ1) is 14.8. The number of nitrogens with one attached hydrogen (secondary N) is 1. The molecule has 1 heterocycles. The summed E-state index contributed by atoms with van der Waals surface area (Å²) < 4.78 is 5.73. The number of ether oxygens (including phenoxy) is 1. The van der Waals surface area contributed by atoms with Crippen molar-refractivity contribution < 1.29 is 9.53 Å². The molecule has 5 nitrogen and oxygen atoms in total. The number of amides is 1. The Kier molecular flexibility index (Phi) is 4.77. The summed E-state index contributed by atoms with van der Waals surface area (Å²) >= 11 is 0. The first-order valence-corrected chi connectivity index (χ1v) is 6.88. The van der Waals surface area contributed by atoms with Crippen LogP contribution >= 0.6 is 0 Å². The van der Waals surface area contributed by atoms with Crippen LogP contribution < -0.4 is 15.8 Å². The van der Waals surface area contributed by atoms with Crippen molar-refractivity contribution in [3.63, 3.8) is 0 Å². The van der Waals surface area contributed by atoms with E-state index in [9.17, 15) is 4.79 Å². The molecule has 0 spiro atoms. The highest BCUT2D eigenvalue weighted by molar-refractivity contribution is 6.04. The number of hydrogen-bond acceptors (Lipinski definition) is 4. The standard InChI is InChI=1S/C16H19N3O2/c1-3-11(2)21-14-6-4-5-13(9-14)19-16(20)12-7-8-15(17)18-10-12/h4-11H,3H2,1-2H3,(H2,17,18)(H,19,20). The summed E-state index contributed by atoms with van der Waals surface area (Å²) in [6.45, 7) is 4.07. The van der Waals surface area contributed by atoms with Gasteiger partial charge in [0.25, 0.3) is 5.91 Å². The van der Waals surface area contributed by atoms with Gasteiger partial charge in [0.1, 0.15) is 11.6 Å². The summed E-state index contributed by atoms with van der Waals surface area (Å²) in [6.07, 6.45) is 2.51. The molecule has 0 aliphatic rings. The van der Waals surface area contributed by atoms with Crippen LogP contribution in [-0.2, 0) is 0 Å². The first-order valence-electron chi connectivity index (χ1n) is 6.88. The number of anilines is 2. The molecule has 21 heavy (non-hydrogen) atoms. The molecule has 0 fully saturated rings. The highest BCUT2D eigenvalue weighted by atomic mass is 16.5. The molecule has 2 aromatic rings. The van der Waals surface area contributed by atoms with E-state index < -0.39 is 0 Å². The Bertz CT molecular complexity index is 611. The van der Waals surface area contributed by atoms with Crippen LogP contribution in [0.1, 0.15) is 30.6 Å². The molecular weight excluding hydrogens is 266 g/mol. The van der Waals surface area contributed by atoms with Crippen molar-refractivity contribution in [1.82, 2.24) is 4.98 Å².